The summed E-state index contributed by atoms with van der Waals surface area (Å²) in [5, 5.41) is 6.37. The molecule has 0 amide bonds. The van der Waals surface area contributed by atoms with Crippen LogP contribution in [0.3, 0.4) is 0 Å². The normalized spacial score (nSPS) is 10.8. The van der Waals surface area contributed by atoms with Gasteiger partial charge in [-0.25, -0.2) is 9.97 Å². The van der Waals surface area contributed by atoms with Crippen molar-refractivity contribution in [1.29, 1.82) is 0 Å². The summed E-state index contributed by atoms with van der Waals surface area (Å²) < 4.78 is 6.76. The van der Waals surface area contributed by atoms with E-state index in [9.17, 15) is 0 Å². The van der Waals surface area contributed by atoms with Gasteiger partial charge < -0.3 is 10.1 Å². The summed E-state index contributed by atoms with van der Waals surface area (Å²) in [5.41, 5.74) is 0. The lowest BCUT2D eigenvalue weighted by Gasteiger charge is -2.08. The molecule has 3 rings (SSSR count). The zero-order chi connectivity index (χ0) is 14.7. The largest absolute Gasteiger partial charge is 0.486 e. The van der Waals surface area contributed by atoms with Gasteiger partial charge in [0.15, 0.2) is 5.82 Å². The van der Waals surface area contributed by atoms with Gasteiger partial charge in [0.25, 0.3) is 0 Å². The molecule has 1 aromatic carbocycles. The minimum Gasteiger partial charge on any atom is -0.486 e. The molecule has 4 nitrogen and oxygen atoms in total. The molecule has 2 heterocycles. The standard InChI is InChI=1S/C15H14BrN3OS/c1-2-17-14-12-7-8-21-15(12)19-13(18-14)9-20-11-5-3-10(16)4-6-11/h3-8H,2,9H2,1H3,(H,17,18,19). The number of nitrogens with zero attached hydrogens (tertiary/aromatic N) is 2. The maximum absolute atomic E-state index is 5.74. The second-order valence-electron chi connectivity index (χ2n) is 4.40. The number of benzene rings is 1. The van der Waals surface area contributed by atoms with Crippen molar-refractivity contribution in [3.05, 3.63) is 46.0 Å². The molecule has 0 aliphatic carbocycles. The van der Waals surface area contributed by atoms with E-state index in [0.29, 0.717) is 12.4 Å². The van der Waals surface area contributed by atoms with Gasteiger partial charge in [-0.05, 0) is 42.6 Å². The van der Waals surface area contributed by atoms with Gasteiger partial charge in [-0.3, -0.25) is 0 Å². The first-order valence-electron chi connectivity index (χ1n) is 6.62. The minimum atomic E-state index is 0.355. The van der Waals surface area contributed by atoms with Crippen LogP contribution in [0.2, 0.25) is 0 Å². The highest BCUT2D eigenvalue weighted by molar-refractivity contribution is 9.10. The molecule has 108 valence electrons. The third-order valence-corrected chi connectivity index (χ3v) is 4.23. The van der Waals surface area contributed by atoms with Crippen LogP contribution in [0.4, 0.5) is 5.82 Å². The lowest BCUT2D eigenvalue weighted by molar-refractivity contribution is 0.296. The molecule has 21 heavy (non-hydrogen) atoms. The first kappa shape index (κ1) is 14.3. The maximum atomic E-state index is 5.74. The summed E-state index contributed by atoms with van der Waals surface area (Å²) in [6.07, 6.45) is 0. The van der Waals surface area contributed by atoms with Gasteiger partial charge in [-0.15, -0.1) is 11.3 Å². The van der Waals surface area contributed by atoms with Crippen LogP contribution in [-0.4, -0.2) is 16.5 Å². The minimum absolute atomic E-state index is 0.355. The van der Waals surface area contributed by atoms with Gasteiger partial charge >= 0.3 is 0 Å². The molecule has 0 saturated heterocycles. The molecular weight excluding hydrogens is 350 g/mol. The van der Waals surface area contributed by atoms with Crippen molar-refractivity contribution in [3.63, 3.8) is 0 Å². The Bertz CT molecular complexity index is 742. The number of nitrogens with one attached hydrogen (secondary N) is 1. The average molecular weight is 364 g/mol. The molecule has 0 radical (unpaired) electrons. The van der Waals surface area contributed by atoms with Crippen molar-refractivity contribution >= 4 is 43.3 Å². The molecule has 0 unspecified atom stereocenters. The van der Waals surface area contributed by atoms with Gasteiger partial charge in [-0.2, -0.15) is 0 Å². The molecule has 0 atom stereocenters. The number of ether oxygens (including phenoxy) is 1. The van der Waals surface area contributed by atoms with Crippen LogP contribution in [0, 0.1) is 0 Å². The molecule has 0 saturated carbocycles. The SMILES string of the molecule is CCNc1nc(COc2ccc(Br)cc2)nc2sccc12. The number of rotatable bonds is 5. The van der Waals surface area contributed by atoms with E-state index in [1.807, 2.05) is 35.7 Å². The van der Waals surface area contributed by atoms with Crippen LogP contribution >= 0.6 is 27.3 Å². The molecular formula is C15H14BrN3OS. The van der Waals surface area contributed by atoms with E-state index < -0.39 is 0 Å². The Kier molecular flexibility index (Phi) is 4.36. The third kappa shape index (κ3) is 3.33. The van der Waals surface area contributed by atoms with E-state index >= 15 is 0 Å². The number of thiophene rings is 1. The average Bonchev–Trinajstić information content (AvgIpc) is 2.96. The molecule has 0 bridgehead atoms. The molecule has 1 N–H and O–H groups in total. The van der Waals surface area contributed by atoms with Crippen molar-refractivity contribution in [2.24, 2.45) is 0 Å². The monoisotopic (exact) mass is 363 g/mol. The second kappa shape index (κ2) is 6.41. The van der Waals surface area contributed by atoms with E-state index in [0.717, 1.165) is 32.8 Å². The van der Waals surface area contributed by atoms with E-state index in [1.54, 1.807) is 11.3 Å². The van der Waals surface area contributed by atoms with Crippen molar-refractivity contribution in [2.45, 2.75) is 13.5 Å². The fraction of sp³-hybridized carbons (Fsp3) is 0.200. The predicted molar refractivity (Wildman–Crippen MR) is 90.1 cm³/mol. The highest BCUT2D eigenvalue weighted by Crippen LogP contribution is 2.25. The highest BCUT2D eigenvalue weighted by atomic mass is 79.9. The molecule has 0 spiro atoms. The summed E-state index contributed by atoms with van der Waals surface area (Å²) in [6.45, 7) is 3.24. The van der Waals surface area contributed by atoms with Crippen molar-refractivity contribution in [3.8, 4) is 5.75 Å². The molecule has 6 heteroatoms. The summed E-state index contributed by atoms with van der Waals surface area (Å²) in [4.78, 5) is 10.1. The van der Waals surface area contributed by atoms with Crippen molar-refractivity contribution in [1.82, 2.24) is 9.97 Å². The van der Waals surface area contributed by atoms with E-state index in [-0.39, 0.29) is 0 Å². The Labute approximate surface area is 135 Å². The predicted octanol–water partition coefficient (Wildman–Crippen LogP) is 4.46. The Morgan fingerprint density at radius 3 is 2.76 bits per heavy atom. The Morgan fingerprint density at radius 2 is 2.00 bits per heavy atom. The van der Waals surface area contributed by atoms with Crippen molar-refractivity contribution < 1.29 is 4.74 Å². The zero-order valence-electron chi connectivity index (χ0n) is 11.5. The van der Waals surface area contributed by atoms with E-state index in [2.05, 4.69) is 38.1 Å². The summed E-state index contributed by atoms with van der Waals surface area (Å²) in [7, 11) is 0. The summed E-state index contributed by atoms with van der Waals surface area (Å²) in [5.74, 6) is 2.36. The fourth-order valence-corrected chi connectivity index (χ4v) is 2.99. The van der Waals surface area contributed by atoms with Crippen LogP contribution in [0.15, 0.2) is 40.2 Å². The second-order valence-corrected chi connectivity index (χ2v) is 6.21. The highest BCUT2D eigenvalue weighted by Gasteiger charge is 2.08. The van der Waals surface area contributed by atoms with Gasteiger partial charge in [0.1, 0.15) is 23.0 Å². The van der Waals surface area contributed by atoms with Crippen LogP contribution < -0.4 is 10.1 Å². The van der Waals surface area contributed by atoms with Gasteiger partial charge in [0, 0.05) is 11.0 Å². The zero-order valence-corrected chi connectivity index (χ0v) is 13.9. The smallest absolute Gasteiger partial charge is 0.169 e. The fourth-order valence-electron chi connectivity index (χ4n) is 1.95. The maximum Gasteiger partial charge on any atom is 0.169 e. The summed E-state index contributed by atoms with van der Waals surface area (Å²) >= 11 is 5.02. The Balaban J connectivity index is 1.81. The quantitative estimate of drug-likeness (QED) is 0.726. The third-order valence-electron chi connectivity index (χ3n) is 2.90. The van der Waals surface area contributed by atoms with Gasteiger partial charge in [0.05, 0.1) is 5.39 Å². The molecule has 3 aromatic rings. The number of aromatic nitrogens is 2. The molecule has 0 fully saturated rings. The number of anilines is 1. The van der Waals surface area contributed by atoms with Crippen LogP contribution in [0.1, 0.15) is 12.7 Å². The van der Waals surface area contributed by atoms with Gasteiger partial charge in [0.2, 0.25) is 0 Å². The van der Waals surface area contributed by atoms with Gasteiger partial charge in [-0.1, -0.05) is 15.9 Å². The van der Waals surface area contributed by atoms with Crippen molar-refractivity contribution in [2.75, 3.05) is 11.9 Å². The number of halogens is 1. The number of hydrogen-bond acceptors (Lipinski definition) is 5. The Hall–Kier alpha value is -1.66. The van der Waals surface area contributed by atoms with Crippen LogP contribution in [-0.2, 0) is 6.61 Å². The molecule has 0 aliphatic heterocycles. The van der Waals surface area contributed by atoms with Crippen LogP contribution in [0.5, 0.6) is 5.75 Å². The lowest BCUT2D eigenvalue weighted by Crippen LogP contribution is -2.06. The summed E-state index contributed by atoms with van der Waals surface area (Å²) in [6, 6.07) is 9.76. The van der Waals surface area contributed by atoms with E-state index in [1.165, 1.54) is 0 Å². The lowest BCUT2D eigenvalue weighted by atomic mass is 10.3. The van der Waals surface area contributed by atoms with Crippen LogP contribution in [0.25, 0.3) is 10.2 Å². The Morgan fingerprint density at radius 1 is 1.19 bits per heavy atom. The topological polar surface area (TPSA) is 47.0 Å². The van der Waals surface area contributed by atoms with E-state index in [4.69, 9.17) is 4.74 Å². The number of hydrogen-bond donors (Lipinski definition) is 1. The molecule has 2 aromatic heterocycles. The first-order chi connectivity index (χ1) is 10.3. The first-order valence-corrected chi connectivity index (χ1v) is 8.30. The number of fused-ring (bicyclic) bond motifs is 1. The molecule has 0 aliphatic rings.